The third kappa shape index (κ3) is 3.55. The second-order valence-electron chi connectivity index (χ2n) is 8.03. The average Bonchev–Trinajstić information content (AvgIpc) is 3.05. The Balaban J connectivity index is 1.90. The highest BCUT2D eigenvalue weighted by Crippen LogP contribution is 2.36. The summed E-state index contributed by atoms with van der Waals surface area (Å²) in [6, 6.07) is 7.25. The maximum atomic E-state index is 13.4. The molecule has 0 spiro atoms. The third-order valence-corrected chi connectivity index (χ3v) is 4.94. The van der Waals surface area contributed by atoms with Crippen molar-refractivity contribution < 1.29 is 23.8 Å². The first-order valence-corrected chi connectivity index (χ1v) is 9.41. The molecule has 0 bridgehead atoms. The molecule has 0 aliphatic carbocycles. The molecule has 4 rings (SSSR count). The van der Waals surface area contributed by atoms with Crippen molar-refractivity contribution in [2.45, 2.75) is 26.7 Å². The summed E-state index contributed by atoms with van der Waals surface area (Å²) >= 11 is 0. The number of pyridine rings is 1. The van der Waals surface area contributed by atoms with Crippen molar-refractivity contribution in [2.24, 2.45) is 5.41 Å². The summed E-state index contributed by atoms with van der Waals surface area (Å²) in [5.74, 6) is -1.06. The van der Waals surface area contributed by atoms with Crippen LogP contribution in [0, 0.1) is 11.2 Å². The summed E-state index contributed by atoms with van der Waals surface area (Å²) in [6.07, 6.45) is 0. The number of ether oxygens (including phenoxy) is 2. The third-order valence-electron chi connectivity index (χ3n) is 4.94. The molecular weight excluding hydrogens is 377 g/mol. The molecule has 1 aromatic carbocycles. The average molecular weight is 399 g/mol. The number of halogens is 1. The summed E-state index contributed by atoms with van der Waals surface area (Å²) in [4.78, 5) is 16.0. The van der Waals surface area contributed by atoms with Gasteiger partial charge in [-0.2, -0.15) is 5.10 Å². The maximum Gasteiger partial charge on any atom is 0.354 e. The number of hydrogen-bond acceptors (Lipinski definition) is 5. The lowest BCUT2D eigenvalue weighted by atomic mass is 9.90. The van der Waals surface area contributed by atoms with Crippen LogP contribution < -0.4 is 4.74 Å². The molecule has 0 unspecified atom stereocenters. The Labute approximate surface area is 167 Å². The normalized spacial score (nSPS) is 15.5. The minimum absolute atomic E-state index is 0.0432. The number of hydrogen-bond donors (Lipinski definition) is 1. The summed E-state index contributed by atoms with van der Waals surface area (Å²) in [5, 5.41) is 14.9. The predicted octanol–water partition coefficient (Wildman–Crippen LogP) is 3.80. The van der Waals surface area contributed by atoms with Crippen LogP contribution >= 0.6 is 0 Å². The maximum absolute atomic E-state index is 13.4. The van der Waals surface area contributed by atoms with Crippen molar-refractivity contribution >= 4 is 17.0 Å². The minimum atomic E-state index is -1.16. The molecule has 7 nitrogen and oxygen atoms in total. The standard InChI is InChI=1S/C21H22FN3O4/c1-12(2)18-17-16(29-11-21(3)9-28-10-21)8-15(20(26)27)23-19(17)25(24-18)14-6-4-13(22)5-7-14/h4-8,12H,9-11H2,1-3H3,(H,26,27). The minimum Gasteiger partial charge on any atom is -0.492 e. The van der Waals surface area contributed by atoms with Crippen molar-refractivity contribution in [3.05, 3.63) is 47.5 Å². The topological polar surface area (TPSA) is 86.5 Å². The van der Waals surface area contributed by atoms with E-state index in [1.807, 2.05) is 13.8 Å². The molecule has 0 amide bonds. The van der Waals surface area contributed by atoms with Gasteiger partial charge in [0.2, 0.25) is 0 Å². The van der Waals surface area contributed by atoms with Crippen LogP contribution in [0.25, 0.3) is 16.7 Å². The van der Waals surface area contributed by atoms with E-state index in [1.165, 1.54) is 22.9 Å². The first kappa shape index (κ1) is 19.3. The van der Waals surface area contributed by atoms with Crippen molar-refractivity contribution in [2.75, 3.05) is 19.8 Å². The van der Waals surface area contributed by atoms with Crippen LogP contribution in [0.1, 0.15) is 42.9 Å². The van der Waals surface area contributed by atoms with Crippen LogP contribution in [0.2, 0.25) is 0 Å². The van der Waals surface area contributed by atoms with Gasteiger partial charge in [-0.1, -0.05) is 20.8 Å². The smallest absolute Gasteiger partial charge is 0.354 e. The molecule has 1 aliphatic heterocycles. The van der Waals surface area contributed by atoms with E-state index in [4.69, 9.17) is 9.47 Å². The van der Waals surface area contributed by atoms with Gasteiger partial charge in [0.1, 0.15) is 11.6 Å². The lowest BCUT2D eigenvalue weighted by Gasteiger charge is -2.37. The Kier molecular flexibility index (Phi) is 4.74. The molecule has 3 heterocycles. The molecule has 1 saturated heterocycles. The summed E-state index contributed by atoms with van der Waals surface area (Å²) in [5.41, 5.74) is 1.44. The second-order valence-corrected chi connectivity index (χ2v) is 8.03. The van der Waals surface area contributed by atoms with Gasteiger partial charge >= 0.3 is 5.97 Å². The molecule has 2 aromatic heterocycles. The van der Waals surface area contributed by atoms with E-state index in [-0.39, 0.29) is 22.8 Å². The van der Waals surface area contributed by atoms with Crippen LogP contribution in [-0.2, 0) is 4.74 Å². The van der Waals surface area contributed by atoms with Crippen molar-refractivity contribution in [3.63, 3.8) is 0 Å². The lowest BCUT2D eigenvalue weighted by Crippen LogP contribution is -2.44. The quantitative estimate of drug-likeness (QED) is 0.679. The lowest BCUT2D eigenvalue weighted by molar-refractivity contribution is -0.120. The van der Waals surface area contributed by atoms with Gasteiger partial charge in [0.25, 0.3) is 0 Å². The van der Waals surface area contributed by atoms with Crippen LogP contribution in [-0.4, -0.2) is 45.7 Å². The first-order valence-electron chi connectivity index (χ1n) is 9.41. The Morgan fingerprint density at radius 2 is 2.03 bits per heavy atom. The molecule has 3 aromatic rings. The molecule has 1 aliphatic rings. The molecule has 0 radical (unpaired) electrons. The van der Waals surface area contributed by atoms with Gasteiger partial charge in [-0.15, -0.1) is 0 Å². The summed E-state index contributed by atoms with van der Waals surface area (Å²) < 4.78 is 26.3. The number of benzene rings is 1. The zero-order valence-corrected chi connectivity index (χ0v) is 16.5. The number of carboxylic acids is 1. The number of carbonyl (C=O) groups is 1. The Hall–Kier alpha value is -3.00. The molecule has 152 valence electrons. The van der Waals surface area contributed by atoms with Crippen LogP contribution in [0.4, 0.5) is 4.39 Å². The molecule has 0 saturated carbocycles. The first-order chi connectivity index (χ1) is 13.8. The number of aromatic nitrogens is 3. The Morgan fingerprint density at radius 1 is 1.34 bits per heavy atom. The van der Waals surface area contributed by atoms with Gasteiger partial charge in [-0.3, -0.25) is 0 Å². The van der Waals surface area contributed by atoms with Crippen molar-refractivity contribution in [1.82, 2.24) is 14.8 Å². The van der Waals surface area contributed by atoms with Crippen molar-refractivity contribution in [3.8, 4) is 11.4 Å². The highest BCUT2D eigenvalue weighted by Gasteiger charge is 2.35. The fourth-order valence-corrected chi connectivity index (χ4v) is 3.28. The number of rotatable bonds is 6. The largest absolute Gasteiger partial charge is 0.492 e. The Bertz CT molecular complexity index is 1070. The summed E-state index contributed by atoms with van der Waals surface area (Å²) in [6.45, 7) is 7.63. The van der Waals surface area contributed by atoms with Gasteiger partial charge in [-0.05, 0) is 30.2 Å². The van der Waals surface area contributed by atoms with E-state index in [0.29, 0.717) is 42.3 Å². The van der Waals surface area contributed by atoms with Gasteiger partial charge < -0.3 is 14.6 Å². The van der Waals surface area contributed by atoms with Crippen LogP contribution in [0.3, 0.4) is 0 Å². The predicted molar refractivity (Wildman–Crippen MR) is 104 cm³/mol. The monoisotopic (exact) mass is 399 g/mol. The highest BCUT2D eigenvalue weighted by atomic mass is 19.1. The number of aromatic carboxylic acids is 1. The van der Waals surface area contributed by atoms with E-state index in [0.717, 1.165) is 5.69 Å². The fraction of sp³-hybridized carbons (Fsp3) is 0.381. The molecule has 29 heavy (non-hydrogen) atoms. The van der Waals surface area contributed by atoms with E-state index in [2.05, 4.69) is 17.0 Å². The van der Waals surface area contributed by atoms with Gasteiger partial charge in [0.15, 0.2) is 11.3 Å². The zero-order chi connectivity index (χ0) is 20.8. The van der Waals surface area contributed by atoms with Gasteiger partial charge in [0.05, 0.1) is 36.6 Å². The number of fused-ring (bicyclic) bond motifs is 1. The Morgan fingerprint density at radius 3 is 2.59 bits per heavy atom. The molecule has 0 atom stereocenters. The zero-order valence-electron chi connectivity index (χ0n) is 16.5. The number of carboxylic acid groups (broad SMARTS) is 1. The second kappa shape index (κ2) is 7.11. The van der Waals surface area contributed by atoms with Gasteiger partial charge in [-0.25, -0.2) is 18.9 Å². The fourth-order valence-electron chi connectivity index (χ4n) is 3.28. The molecular formula is C21H22FN3O4. The van der Waals surface area contributed by atoms with E-state index in [1.54, 1.807) is 12.1 Å². The highest BCUT2D eigenvalue weighted by molar-refractivity contribution is 5.94. The molecule has 8 heteroatoms. The van der Waals surface area contributed by atoms with E-state index in [9.17, 15) is 14.3 Å². The SMILES string of the molecule is CC(C)c1nn(-c2ccc(F)cc2)c2nc(C(=O)O)cc(OCC3(C)COC3)c12. The number of nitrogens with zero attached hydrogens (tertiary/aromatic N) is 3. The molecule has 1 N–H and O–H groups in total. The summed E-state index contributed by atoms with van der Waals surface area (Å²) in [7, 11) is 0. The van der Waals surface area contributed by atoms with E-state index < -0.39 is 5.97 Å². The van der Waals surface area contributed by atoms with Gasteiger partial charge in [0, 0.05) is 11.5 Å². The van der Waals surface area contributed by atoms with E-state index >= 15 is 0 Å². The van der Waals surface area contributed by atoms with Crippen LogP contribution in [0.15, 0.2) is 30.3 Å². The van der Waals surface area contributed by atoms with Crippen LogP contribution in [0.5, 0.6) is 5.75 Å². The van der Waals surface area contributed by atoms with Crippen molar-refractivity contribution in [1.29, 1.82) is 0 Å². The molecule has 1 fully saturated rings.